The zero-order chi connectivity index (χ0) is 25.2. The average molecular weight is 491 g/mol. The Bertz CT molecular complexity index is 1480. The van der Waals surface area contributed by atoms with Crippen LogP contribution in [0.1, 0.15) is 15.9 Å². The molecule has 0 amide bonds. The van der Waals surface area contributed by atoms with E-state index in [9.17, 15) is 18.4 Å². The van der Waals surface area contributed by atoms with Crippen molar-refractivity contribution in [1.82, 2.24) is 9.55 Å². The van der Waals surface area contributed by atoms with Crippen molar-refractivity contribution < 1.29 is 18.3 Å². The van der Waals surface area contributed by atoms with Crippen LogP contribution in [0, 0.1) is 11.6 Å². The van der Waals surface area contributed by atoms with Crippen molar-refractivity contribution in [2.75, 3.05) is 43.1 Å². The average Bonchev–Trinajstić information content (AvgIpc) is 2.91. The van der Waals surface area contributed by atoms with Gasteiger partial charge in [-0.2, -0.15) is 0 Å². The van der Waals surface area contributed by atoms with Crippen LogP contribution >= 0.6 is 0 Å². The summed E-state index contributed by atoms with van der Waals surface area (Å²) in [5, 5.41) is 0.360. The van der Waals surface area contributed by atoms with E-state index < -0.39 is 5.97 Å². The lowest BCUT2D eigenvalue weighted by atomic mass is 10.1. The van der Waals surface area contributed by atoms with Crippen LogP contribution in [0.3, 0.4) is 0 Å². The molecule has 1 saturated heterocycles. The minimum atomic E-state index is -0.519. The van der Waals surface area contributed by atoms with Crippen molar-refractivity contribution in [1.29, 1.82) is 0 Å². The lowest BCUT2D eigenvalue weighted by Crippen LogP contribution is -2.48. The highest BCUT2D eigenvalue weighted by molar-refractivity contribution is 5.94. The topological polar surface area (TPSA) is 67.7 Å². The summed E-state index contributed by atoms with van der Waals surface area (Å²) in [6.45, 7) is 2.28. The number of carbonyl (C=O) groups is 1. The molecular formula is C27H24F2N4O3. The lowest BCUT2D eigenvalue weighted by Gasteiger charge is -2.37. The van der Waals surface area contributed by atoms with Gasteiger partial charge in [-0.05, 0) is 48.0 Å². The summed E-state index contributed by atoms with van der Waals surface area (Å²) >= 11 is 0. The van der Waals surface area contributed by atoms with Gasteiger partial charge in [-0.25, -0.2) is 18.6 Å². The third-order valence-corrected chi connectivity index (χ3v) is 6.37. The van der Waals surface area contributed by atoms with E-state index in [1.165, 1.54) is 31.4 Å². The quantitative estimate of drug-likeness (QED) is 0.396. The van der Waals surface area contributed by atoms with Gasteiger partial charge in [0.2, 0.25) is 5.95 Å². The molecule has 5 rings (SSSR count). The number of benzene rings is 3. The van der Waals surface area contributed by atoms with Gasteiger partial charge in [0.15, 0.2) is 0 Å². The van der Waals surface area contributed by atoms with Crippen LogP contribution in [0.2, 0.25) is 0 Å². The standard InChI is InChI=1S/C27H24F2N4O3/c1-36-26(35)19-8-11-21-23(16-19)30-27(33(25(21)34)17-18-6-9-20(28)10-7-18)32-14-12-31(13-15-32)24-5-3-2-4-22(24)29/h2-11,16H,12-15,17H2,1H3. The molecule has 184 valence electrons. The predicted molar refractivity (Wildman–Crippen MR) is 134 cm³/mol. The highest BCUT2D eigenvalue weighted by atomic mass is 19.1. The van der Waals surface area contributed by atoms with Gasteiger partial charge in [0.1, 0.15) is 11.6 Å². The van der Waals surface area contributed by atoms with Gasteiger partial charge in [0.25, 0.3) is 5.56 Å². The number of anilines is 2. The first-order valence-electron chi connectivity index (χ1n) is 11.6. The number of carbonyl (C=O) groups excluding carboxylic acids is 1. The molecule has 3 aromatic carbocycles. The van der Waals surface area contributed by atoms with E-state index in [2.05, 4.69) is 0 Å². The van der Waals surface area contributed by atoms with E-state index in [1.54, 1.807) is 47.0 Å². The second kappa shape index (κ2) is 9.77. The Labute approximate surface area is 206 Å². The molecule has 0 atom stereocenters. The molecule has 1 aromatic heterocycles. The van der Waals surface area contributed by atoms with Gasteiger partial charge >= 0.3 is 5.97 Å². The van der Waals surface area contributed by atoms with Gasteiger partial charge in [0, 0.05) is 26.2 Å². The second-order valence-electron chi connectivity index (χ2n) is 8.58. The number of ether oxygens (including phenoxy) is 1. The number of hydrogen-bond donors (Lipinski definition) is 0. The Kier molecular flexibility index (Phi) is 6.37. The van der Waals surface area contributed by atoms with Crippen LogP contribution < -0.4 is 15.4 Å². The first-order valence-corrected chi connectivity index (χ1v) is 11.6. The number of aromatic nitrogens is 2. The summed E-state index contributed by atoms with van der Waals surface area (Å²) in [5.74, 6) is -0.720. The van der Waals surface area contributed by atoms with E-state index >= 15 is 0 Å². The van der Waals surface area contributed by atoms with Crippen LogP contribution in [-0.2, 0) is 11.3 Å². The van der Waals surface area contributed by atoms with Crippen LogP contribution in [0.5, 0.6) is 0 Å². The molecule has 0 spiro atoms. The van der Waals surface area contributed by atoms with Gasteiger partial charge in [-0.15, -0.1) is 0 Å². The zero-order valence-electron chi connectivity index (χ0n) is 19.7. The maximum Gasteiger partial charge on any atom is 0.337 e. The molecule has 0 bridgehead atoms. The van der Waals surface area contributed by atoms with Crippen molar-refractivity contribution in [2.45, 2.75) is 6.54 Å². The van der Waals surface area contributed by atoms with Crippen molar-refractivity contribution in [3.63, 3.8) is 0 Å². The fraction of sp³-hybridized carbons (Fsp3) is 0.222. The van der Waals surface area contributed by atoms with E-state index in [-0.39, 0.29) is 23.7 Å². The fourth-order valence-corrected chi connectivity index (χ4v) is 4.47. The largest absolute Gasteiger partial charge is 0.465 e. The monoisotopic (exact) mass is 490 g/mol. The highest BCUT2D eigenvalue weighted by Crippen LogP contribution is 2.24. The van der Waals surface area contributed by atoms with Crippen LogP contribution in [0.15, 0.2) is 71.5 Å². The zero-order valence-corrected chi connectivity index (χ0v) is 19.7. The molecule has 0 N–H and O–H groups in total. The minimum absolute atomic E-state index is 0.198. The Morgan fingerprint density at radius 3 is 2.33 bits per heavy atom. The number of esters is 1. The molecule has 2 heterocycles. The molecule has 0 aliphatic carbocycles. The fourth-order valence-electron chi connectivity index (χ4n) is 4.47. The highest BCUT2D eigenvalue weighted by Gasteiger charge is 2.24. The summed E-state index contributed by atoms with van der Waals surface area (Å²) in [7, 11) is 1.29. The molecule has 4 aromatic rings. The normalized spacial score (nSPS) is 13.8. The number of rotatable bonds is 5. The second-order valence-corrected chi connectivity index (χ2v) is 8.58. The predicted octanol–water partition coefficient (Wildman–Crippen LogP) is 3.84. The molecule has 0 radical (unpaired) electrons. The Balaban J connectivity index is 1.54. The number of methoxy groups -OCH3 is 1. The third kappa shape index (κ3) is 4.51. The maximum atomic E-state index is 14.3. The summed E-state index contributed by atoms with van der Waals surface area (Å²) in [5.41, 5.74) is 1.69. The summed E-state index contributed by atoms with van der Waals surface area (Å²) in [6, 6.07) is 17.3. The van der Waals surface area contributed by atoms with Crippen molar-refractivity contribution in [3.05, 3.63) is 99.8 Å². The van der Waals surface area contributed by atoms with Crippen LogP contribution in [0.25, 0.3) is 10.9 Å². The summed E-state index contributed by atoms with van der Waals surface area (Å²) in [4.78, 5) is 34.4. The third-order valence-electron chi connectivity index (χ3n) is 6.37. The Morgan fingerprint density at radius 2 is 1.64 bits per heavy atom. The molecule has 1 aliphatic rings. The number of piperazine rings is 1. The number of hydrogen-bond acceptors (Lipinski definition) is 6. The Morgan fingerprint density at radius 1 is 0.944 bits per heavy atom. The molecular weight excluding hydrogens is 466 g/mol. The SMILES string of the molecule is COC(=O)c1ccc2c(=O)n(Cc3ccc(F)cc3)c(N3CCN(c4ccccc4F)CC3)nc2c1. The Hall–Kier alpha value is -4.27. The molecule has 0 saturated carbocycles. The van der Waals surface area contributed by atoms with Gasteiger partial charge < -0.3 is 14.5 Å². The van der Waals surface area contributed by atoms with E-state index in [4.69, 9.17) is 9.72 Å². The van der Waals surface area contributed by atoms with Crippen molar-refractivity contribution >= 4 is 28.5 Å². The van der Waals surface area contributed by atoms with E-state index in [0.717, 1.165) is 5.56 Å². The summed E-state index contributed by atoms with van der Waals surface area (Å²) < 4.78 is 34.1. The first-order chi connectivity index (χ1) is 17.4. The number of fused-ring (bicyclic) bond motifs is 1. The first kappa shape index (κ1) is 23.5. The van der Waals surface area contributed by atoms with E-state index in [0.29, 0.717) is 54.3 Å². The van der Waals surface area contributed by atoms with Gasteiger partial charge in [-0.3, -0.25) is 9.36 Å². The van der Waals surface area contributed by atoms with Crippen LogP contribution in [0.4, 0.5) is 20.4 Å². The molecule has 0 unspecified atom stereocenters. The molecule has 9 heteroatoms. The molecule has 1 aliphatic heterocycles. The number of halogens is 2. The number of nitrogens with zero attached hydrogens (tertiary/aromatic N) is 4. The molecule has 1 fully saturated rings. The van der Waals surface area contributed by atoms with Crippen molar-refractivity contribution in [3.8, 4) is 0 Å². The van der Waals surface area contributed by atoms with Crippen molar-refractivity contribution in [2.24, 2.45) is 0 Å². The maximum absolute atomic E-state index is 14.3. The molecule has 36 heavy (non-hydrogen) atoms. The van der Waals surface area contributed by atoms with E-state index in [1.807, 2.05) is 9.80 Å². The summed E-state index contributed by atoms with van der Waals surface area (Å²) in [6.07, 6.45) is 0. The number of para-hydroxylation sites is 1. The smallest absolute Gasteiger partial charge is 0.337 e. The van der Waals surface area contributed by atoms with Gasteiger partial charge in [0.05, 0.1) is 35.8 Å². The molecule has 7 nitrogen and oxygen atoms in total. The lowest BCUT2D eigenvalue weighted by molar-refractivity contribution is 0.0601. The van der Waals surface area contributed by atoms with Crippen LogP contribution in [-0.4, -0.2) is 48.8 Å². The minimum Gasteiger partial charge on any atom is -0.465 e. The van der Waals surface area contributed by atoms with Gasteiger partial charge in [-0.1, -0.05) is 24.3 Å².